The van der Waals surface area contributed by atoms with E-state index < -0.39 is 103 Å². The molecule has 65 heavy (non-hydrogen) atoms. The maximum Gasteiger partial charge on any atom is 0.306 e. The molecule has 2 saturated heterocycles. The van der Waals surface area contributed by atoms with Gasteiger partial charge in [-0.05, 0) is 99.3 Å². The van der Waals surface area contributed by atoms with E-state index in [9.17, 15) is 54.3 Å². The van der Waals surface area contributed by atoms with Gasteiger partial charge in [-0.3, -0.25) is 50.5 Å². The molecule has 362 valence electrons. The number of phenolic OH excluding ortho intramolecular Hbond substituents is 1. The van der Waals surface area contributed by atoms with Gasteiger partial charge in [0.05, 0.1) is 25.2 Å². The third-order valence-electron chi connectivity index (χ3n) is 14.1. The second-order valence-corrected chi connectivity index (χ2v) is 18.2. The molecule has 21 heteroatoms. The van der Waals surface area contributed by atoms with Crippen LogP contribution < -0.4 is 27.0 Å². The number of methoxy groups -OCH3 is 1. The van der Waals surface area contributed by atoms with E-state index in [1.54, 1.807) is 13.0 Å². The Kier molecular flexibility index (Phi) is 16.8. The number of carbonyl (C=O) groups is 6. The van der Waals surface area contributed by atoms with E-state index in [0.717, 1.165) is 45.6 Å². The fraction of sp³-hybridized carbons (Fsp3) is 0.727. The molecule has 15 atom stereocenters. The second-order valence-electron chi connectivity index (χ2n) is 18.2. The van der Waals surface area contributed by atoms with Crippen LogP contribution in [0.25, 0.3) is 0 Å². The molecule has 1 aromatic carbocycles. The standard InChI is InChI=1S/C44H65N5O16/c1-21-35(45-22(2)51)39(36(57)29(20-50)62-21)64-43-38(59)37(58)40(61-4)41(65-43)42(60)49-48-32(54)8-6-5-7-31(53)46-47-33(55)15-16-34(56)63-30-14-13-28-27-11-9-23-19-24(52)10-12-25(23)26(27)17-18-44(28,30)3/h10,12,19,21,26-30,35-41,43,50,52,57-59H,5-9,11,13-18,20H2,1-4H3,(H,45,51)(H,46,53)(H,47,55)(H,48,54)(H,49,60)/t21?,26-,27-,28+,29?,30+,35?,36?,37?,38?,39?,40?,41?,43?,44+/m1/s1. The summed E-state index contributed by atoms with van der Waals surface area (Å²) in [5, 5.41) is 54.8. The van der Waals surface area contributed by atoms with Crippen molar-refractivity contribution < 1.29 is 78.0 Å². The Balaban J connectivity index is 0.865. The molecule has 2 aliphatic heterocycles. The first kappa shape index (κ1) is 49.9. The highest BCUT2D eigenvalue weighted by Crippen LogP contribution is 2.61. The minimum Gasteiger partial charge on any atom is -0.508 e. The number of ether oxygens (including phenoxy) is 5. The van der Waals surface area contributed by atoms with E-state index in [0.29, 0.717) is 23.5 Å². The first-order valence-electron chi connectivity index (χ1n) is 22.5. The van der Waals surface area contributed by atoms with Crippen LogP contribution in [0.1, 0.15) is 108 Å². The van der Waals surface area contributed by atoms with Crippen LogP contribution in [0.15, 0.2) is 18.2 Å². The van der Waals surface area contributed by atoms with Crippen molar-refractivity contribution in [2.75, 3.05) is 13.7 Å². The molecule has 2 heterocycles. The highest BCUT2D eigenvalue weighted by Gasteiger charge is 2.56. The number of amides is 5. The van der Waals surface area contributed by atoms with Crippen LogP contribution >= 0.6 is 0 Å². The number of aryl methyl sites for hydroxylation is 1. The summed E-state index contributed by atoms with van der Waals surface area (Å²) in [4.78, 5) is 75.4. The van der Waals surface area contributed by atoms with E-state index in [2.05, 4.69) is 40.0 Å². The van der Waals surface area contributed by atoms with E-state index in [-0.39, 0.29) is 50.0 Å². The molecule has 0 radical (unpaired) electrons. The number of nitrogens with one attached hydrogen (secondary N) is 5. The number of rotatable bonds is 15. The molecule has 6 rings (SSSR count). The van der Waals surface area contributed by atoms with Crippen molar-refractivity contribution >= 4 is 35.5 Å². The molecule has 3 aliphatic carbocycles. The number of unbranched alkanes of at least 4 members (excludes halogenated alkanes) is 1. The number of benzene rings is 1. The number of aromatic hydroxyl groups is 1. The third-order valence-corrected chi connectivity index (χ3v) is 14.1. The molecule has 5 aliphatic rings. The molecule has 1 aromatic rings. The fourth-order valence-corrected chi connectivity index (χ4v) is 10.7. The average Bonchev–Trinajstić information content (AvgIpc) is 3.61. The van der Waals surface area contributed by atoms with Crippen LogP contribution in [0.4, 0.5) is 0 Å². The van der Waals surface area contributed by atoms with Gasteiger partial charge < -0.3 is 54.5 Å². The Morgan fingerprint density at radius 3 is 2.17 bits per heavy atom. The monoisotopic (exact) mass is 919 g/mol. The third kappa shape index (κ3) is 11.6. The predicted molar refractivity (Wildman–Crippen MR) is 224 cm³/mol. The lowest BCUT2D eigenvalue weighted by atomic mass is 9.55. The second kappa shape index (κ2) is 21.9. The number of aliphatic hydroxyl groups excluding tert-OH is 4. The van der Waals surface area contributed by atoms with Gasteiger partial charge in [-0.2, -0.15) is 0 Å². The first-order valence-corrected chi connectivity index (χ1v) is 22.5. The molecule has 5 amide bonds. The maximum atomic E-state index is 13.2. The zero-order valence-corrected chi connectivity index (χ0v) is 37.2. The Morgan fingerprint density at radius 1 is 0.831 bits per heavy atom. The Bertz CT molecular complexity index is 1890. The number of fused-ring (bicyclic) bond motifs is 5. The van der Waals surface area contributed by atoms with E-state index in [1.165, 1.54) is 18.1 Å². The molecule has 4 fully saturated rings. The highest BCUT2D eigenvalue weighted by atomic mass is 16.7. The Labute approximate surface area is 376 Å². The topological polar surface area (TPSA) is 310 Å². The van der Waals surface area contributed by atoms with Crippen LogP contribution in [-0.4, -0.2) is 142 Å². The fourth-order valence-electron chi connectivity index (χ4n) is 10.7. The number of carbonyl (C=O) groups excluding carboxylic acids is 6. The summed E-state index contributed by atoms with van der Waals surface area (Å²) in [6.45, 7) is 4.41. The van der Waals surface area contributed by atoms with Crippen molar-refractivity contribution in [1.82, 2.24) is 27.0 Å². The van der Waals surface area contributed by atoms with E-state index >= 15 is 0 Å². The number of phenols is 1. The van der Waals surface area contributed by atoms with Gasteiger partial charge in [-0.1, -0.05) is 13.0 Å². The van der Waals surface area contributed by atoms with Crippen molar-refractivity contribution in [3.63, 3.8) is 0 Å². The molecule has 0 aromatic heterocycles. The van der Waals surface area contributed by atoms with Gasteiger partial charge in [0.15, 0.2) is 12.4 Å². The number of hydrogen-bond donors (Lipinski definition) is 10. The summed E-state index contributed by atoms with van der Waals surface area (Å²) >= 11 is 0. The summed E-state index contributed by atoms with van der Waals surface area (Å²) in [6, 6.07) is 4.73. The Hall–Kier alpha value is -4.48. The largest absolute Gasteiger partial charge is 0.508 e. The van der Waals surface area contributed by atoms with Gasteiger partial charge in [0.1, 0.15) is 48.5 Å². The molecule has 2 saturated carbocycles. The smallest absolute Gasteiger partial charge is 0.306 e. The summed E-state index contributed by atoms with van der Waals surface area (Å²) < 4.78 is 28.3. The van der Waals surface area contributed by atoms with Crippen LogP contribution in [0, 0.1) is 17.3 Å². The lowest BCUT2D eigenvalue weighted by Crippen LogP contribution is -2.68. The zero-order valence-electron chi connectivity index (χ0n) is 37.2. The van der Waals surface area contributed by atoms with Gasteiger partial charge in [-0.25, -0.2) is 0 Å². The number of aliphatic hydroxyl groups is 4. The molecule has 10 N–H and O–H groups in total. The van der Waals surface area contributed by atoms with Gasteiger partial charge in [0, 0.05) is 38.7 Å². The summed E-state index contributed by atoms with van der Waals surface area (Å²) in [5.74, 6) is -2.02. The van der Waals surface area contributed by atoms with Crippen molar-refractivity contribution in [1.29, 1.82) is 0 Å². The minimum atomic E-state index is -1.80. The summed E-state index contributed by atoms with van der Waals surface area (Å²) in [6.07, 6.45) is -7.80. The van der Waals surface area contributed by atoms with Gasteiger partial charge in [-0.15, -0.1) is 0 Å². The SMILES string of the molecule is COC1C(C(=O)NNC(=O)CCCCC(=O)NNC(=O)CCC(=O)O[C@H]2CC[C@H]3[C@@H]4CCc5cc(O)ccc5[C@H]4CC[C@]23C)OC(OC2C(O)C(CO)OC(C)C2NC(C)=O)C(O)C1O. The molecule has 0 spiro atoms. The number of esters is 1. The molecule has 0 bridgehead atoms. The number of hydrogen-bond acceptors (Lipinski definition) is 16. The zero-order chi connectivity index (χ0) is 47.2. The van der Waals surface area contributed by atoms with Crippen LogP contribution in [0.2, 0.25) is 0 Å². The predicted octanol–water partition coefficient (Wildman–Crippen LogP) is -0.712. The van der Waals surface area contributed by atoms with Crippen molar-refractivity contribution in [2.24, 2.45) is 17.3 Å². The highest BCUT2D eigenvalue weighted by molar-refractivity contribution is 5.86. The van der Waals surface area contributed by atoms with Gasteiger partial charge in [0.25, 0.3) is 5.91 Å². The molecular formula is C44H65N5O16. The quantitative estimate of drug-likeness (QED) is 0.0590. The lowest BCUT2D eigenvalue weighted by molar-refractivity contribution is -0.325. The van der Waals surface area contributed by atoms with E-state index in [4.69, 9.17) is 23.7 Å². The van der Waals surface area contributed by atoms with Crippen molar-refractivity contribution in [2.45, 2.75) is 171 Å². The van der Waals surface area contributed by atoms with Gasteiger partial charge >= 0.3 is 5.97 Å². The van der Waals surface area contributed by atoms with Crippen molar-refractivity contribution in [3.05, 3.63) is 29.3 Å². The van der Waals surface area contributed by atoms with Crippen LogP contribution in [0.3, 0.4) is 0 Å². The van der Waals surface area contributed by atoms with Crippen molar-refractivity contribution in [3.8, 4) is 5.75 Å². The number of hydrazine groups is 2. The summed E-state index contributed by atoms with van der Waals surface area (Å²) in [5.41, 5.74) is 11.4. The first-order chi connectivity index (χ1) is 30.9. The normalized spacial score (nSPS) is 35.0. The van der Waals surface area contributed by atoms with Crippen LogP contribution in [0.5, 0.6) is 5.75 Å². The van der Waals surface area contributed by atoms with Gasteiger partial charge in [0.2, 0.25) is 23.6 Å². The Morgan fingerprint density at radius 2 is 1.51 bits per heavy atom. The molecule has 21 nitrogen and oxygen atoms in total. The molecular weight excluding hydrogens is 855 g/mol. The minimum absolute atomic E-state index is 0.0469. The maximum absolute atomic E-state index is 13.2. The van der Waals surface area contributed by atoms with Crippen LogP contribution in [-0.2, 0) is 58.9 Å². The lowest BCUT2D eigenvalue weighted by Gasteiger charge is -2.50. The molecule has 10 unspecified atom stereocenters. The van der Waals surface area contributed by atoms with E-state index in [1.807, 2.05) is 6.07 Å². The summed E-state index contributed by atoms with van der Waals surface area (Å²) in [7, 11) is 1.16. The average molecular weight is 920 g/mol.